The maximum Gasteiger partial charge on any atom is 0.306 e. The van der Waals surface area contributed by atoms with Crippen LogP contribution in [0.4, 0.5) is 0 Å². The molecule has 0 spiro atoms. The Morgan fingerprint density at radius 2 is 2.15 bits per heavy atom. The number of carboxylic acid groups (broad SMARTS) is 1. The number of rotatable bonds is 1. The molecule has 5 rings (SSSR count). The Morgan fingerprint density at radius 1 is 1.33 bits per heavy atom. The van der Waals surface area contributed by atoms with Gasteiger partial charge in [0.05, 0.1) is 18.1 Å². The summed E-state index contributed by atoms with van der Waals surface area (Å²) in [6.45, 7) is 6.18. The van der Waals surface area contributed by atoms with Gasteiger partial charge in [-0.1, -0.05) is 19.1 Å². The molecule has 27 heavy (non-hydrogen) atoms. The van der Waals surface area contributed by atoms with Crippen molar-refractivity contribution in [2.75, 3.05) is 13.1 Å². The summed E-state index contributed by atoms with van der Waals surface area (Å²) in [4.78, 5) is 18.2. The molecule has 1 aromatic heterocycles. The van der Waals surface area contributed by atoms with E-state index < -0.39 is 18.0 Å². The number of piperidine rings is 1. The van der Waals surface area contributed by atoms with Crippen molar-refractivity contribution in [3.8, 4) is 0 Å². The third-order valence-electron chi connectivity index (χ3n) is 7.49. The molecule has 1 aromatic carbocycles. The van der Waals surface area contributed by atoms with Crippen LogP contribution in [0.25, 0.3) is 10.9 Å². The Balaban J connectivity index is 1.56. The molecule has 0 bridgehead atoms. The maximum atomic E-state index is 11.9. The molecular formula is C22H28N2O3. The fourth-order valence-corrected chi connectivity index (χ4v) is 6.32. The number of H-pyrrole nitrogens is 1. The Hall–Kier alpha value is -1.85. The lowest BCUT2D eigenvalue weighted by Gasteiger charge is -2.56. The van der Waals surface area contributed by atoms with Crippen molar-refractivity contribution in [3.05, 3.63) is 35.0 Å². The number of hydrogen-bond acceptors (Lipinski definition) is 3. The number of nitrogens with zero attached hydrogens (tertiary/aromatic N) is 1. The van der Waals surface area contributed by atoms with E-state index in [0.29, 0.717) is 12.8 Å². The number of carbonyl (C=O) groups is 1. The molecular weight excluding hydrogens is 340 g/mol. The molecule has 5 nitrogen and oxygen atoms in total. The van der Waals surface area contributed by atoms with E-state index in [4.69, 9.17) is 0 Å². The number of carboxylic acids is 1. The zero-order valence-corrected chi connectivity index (χ0v) is 16.0. The van der Waals surface area contributed by atoms with Gasteiger partial charge >= 0.3 is 5.97 Å². The molecule has 0 amide bonds. The lowest BCUT2D eigenvalue weighted by Crippen LogP contribution is -2.57. The largest absolute Gasteiger partial charge is 0.481 e. The lowest BCUT2D eigenvalue weighted by atomic mass is 9.57. The Morgan fingerprint density at radius 3 is 2.93 bits per heavy atom. The first-order valence-corrected chi connectivity index (χ1v) is 10.1. The van der Waals surface area contributed by atoms with Gasteiger partial charge in [0.2, 0.25) is 0 Å². The second-order valence-electron chi connectivity index (χ2n) is 9.34. The minimum absolute atomic E-state index is 0.110. The van der Waals surface area contributed by atoms with E-state index in [1.807, 2.05) is 0 Å². The number of aliphatic hydroxyl groups is 1. The Kier molecular flexibility index (Phi) is 3.72. The highest BCUT2D eigenvalue weighted by molar-refractivity contribution is 5.85. The minimum Gasteiger partial charge on any atom is -0.481 e. The molecule has 1 aliphatic carbocycles. The lowest BCUT2D eigenvalue weighted by molar-refractivity contribution is -0.159. The van der Waals surface area contributed by atoms with E-state index >= 15 is 0 Å². The average molecular weight is 368 g/mol. The molecule has 3 heterocycles. The van der Waals surface area contributed by atoms with E-state index in [9.17, 15) is 15.0 Å². The monoisotopic (exact) mass is 368 g/mol. The standard InChI is InChI=1S/C22H28N2O3/c1-12-3-4-14-15-5-6-24-11-22(2)10-13(25)8-16(21(26)27)17(22)9-19(24)20(15)23-18(14)7-12/h3-4,7,13,16-17,19,23,25H,5-6,8-11H2,1-2H3,(H,26,27)/t13-,16+,17+,19+,22+/m0/s1. The zero-order chi connectivity index (χ0) is 18.9. The predicted molar refractivity (Wildman–Crippen MR) is 104 cm³/mol. The summed E-state index contributed by atoms with van der Waals surface area (Å²) in [5.74, 6) is -1.08. The van der Waals surface area contributed by atoms with E-state index in [0.717, 1.165) is 25.9 Å². The summed E-state index contributed by atoms with van der Waals surface area (Å²) in [6.07, 6.45) is 2.49. The van der Waals surface area contributed by atoms with E-state index in [1.54, 1.807) is 0 Å². The van der Waals surface area contributed by atoms with Crippen LogP contribution in [-0.2, 0) is 11.2 Å². The minimum atomic E-state index is -0.748. The smallest absolute Gasteiger partial charge is 0.306 e. The number of nitrogens with one attached hydrogen (secondary N) is 1. The number of aromatic amines is 1. The average Bonchev–Trinajstić information content (AvgIpc) is 2.96. The highest BCUT2D eigenvalue weighted by Crippen LogP contribution is 2.55. The van der Waals surface area contributed by atoms with E-state index in [-0.39, 0.29) is 17.4 Å². The molecule has 2 aromatic rings. The van der Waals surface area contributed by atoms with Crippen molar-refractivity contribution < 1.29 is 15.0 Å². The quantitative estimate of drug-likeness (QED) is 0.722. The molecule has 2 fully saturated rings. The third kappa shape index (κ3) is 2.55. The number of aryl methyl sites for hydroxylation is 1. The molecule has 0 radical (unpaired) electrons. The third-order valence-corrected chi connectivity index (χ3v) is 7.49. The molecule has 1 saturated carbocycles. The van der Waals surface area contributed by atoms with Gasteiger partial charge in [0, 0.05) is 29.7 Å². The molecule has 5 heteroatoms. The number of aromatic nitrogens is 1. The summed E-state index contributed by atoms with van der Waals surface area (Å²) in [7, 11) is 0. The highest BCUT2D eigenvalue weighted by atomic mass is 16.4. The van der Waals surface area contributed by atoms with Gasteiger partial charge in [-0.2, -0.15) is 0 Å². The van der Waals surface area contributed by atoms with Crippen LogP contribution in [0.2, 0.25) is 0 Å². The number of hydrogen-bond donors (Lipinski definition) is 3. The summed E-state index contributed by atoms with van der Waals surface area (Å²) in [5, 5.41) is 21.4. The molecule has 0 unspecified atom stereocenters. The van der Waals surface area contributed by atoms with Gasteiger partial charge < -0.3 is 15.2 Å². The van der Waals surface area contributed by atoms with Crippen LogP contribution in [0.3, 0.4) is 0 Å². The van der Waals surface area contributed by atoms with Crippen molar-refractivity contribution in [1.29, 1.82) is 0 Å². The normalized spacial score (nSPS) is 36.1. The second kappa shape index (κ2) is 5.82. The first-order chi connectivity index (χ1) is 12.9. The van der Waals surface area contributed by atoms with E-state index in [1.165, 1.54) is 27.7 Å². The molecule has 1 saturated heterocycles. The van der Waals surface area contributed by atoms with Crippen LogP contribution in [-0.4, -0.2) is 45.3 Å². The zero-order valence-electron chi connectivity index (χ0n) is 16.0. The number of aliphatic hydroxyl groups excluding tert-OH is 1. The molecule has 2 aliphatic heterocycles. The van der Waals surface area contributed by atoms with Crippen LogP contribution >= 0.6 is 0 Å². The first-order valence-electron chi connectivity index (χ1n) is 10.1. The Labute approximate surface area is 159 Å². The van der Waals surface area contributed by atoms with Crippen molar-refractivity contribution in [2.45, 2.75) is 51.7 Å². The van der Waals surface area contributed by atoms with Gasteiger partial charge in [0.15, 0.2) is 0 Å². The summed E-state index contributed by atoms with van der Waals surface area (Å²) in [5.41, 5.74) is 5.03. The maximum absolute atomic E-state index is 11.9. The predicted octanol–water partition coefficient (Wildman–Crippen LogP) is 3.26. The van der Waals surface area contributed by atoms with Crippen molar-refractivity contribution in [2.24, 2.45) is 17.3 Å². The van der Waals surface area contributed by atoms with Crippen LogP contribution in [0.1, 0.15) is 49.0 Å². The number of fused-ring (bicyclic) bond motifs is 6. The molecule has 5 atom stereocenters. The molecule has 3 N–H and O–H groups in total. The van der Waals surface area contributed by atoms with Gasteiger partial charge in [-0.15, -0.1) is 0 Å². The van der Waals surface area contributed by atoms with Crippen LogP contribution < -0.4 is 0 Å². The van der Waals surface area contributed by atoms with Crippen molar-refractivity contribution in [1.82, 2.24) is 9.88 Å². The van der Waals surface area contributed by atoms with Crippen LogP contribution in [0.5, 0.6) is 0 Å². The second-order valence-corrected chi connectivity index (χ2v) is 9.34. The summed E-state index contributed by atoms with van der Waals surface area (Å²) in [6, 6.07) is 6.86. The van der Waals surface area contributed by atoms with Gasteiger partial charge in [0.25, 0.3) is 0 Å². The van der Waals surface area contributed by atoms with Gasteiger partial charge in [0.1, 0.15) is 0 Å². The SMILES string of the molecule is Cc1ccc2c3c([nH]c2c1)[C@H]1C[C@@H]2[C@H](C(=O)O)C[C@H](O)C[C@]2(C)CN1CC3. The van der Waals surface area contributed by atoms with Gasteiger partial charge in [-0.25, -0.2) is 0 Å². The van der Waals surface area contributed by atoms with Crippen molar-refractivity contribution in [3.63, 3.8) is 0 Å². The van der Waals surface area contributed by atoms with Crippen LogP contribution in [0.15, 0.2) is 18.2 Å². The van der Waals surface area contributed by atoms with Gasteiger partial charge in [-0.3, -0.25) is 9.69 Å². The summed E-state index contributed by atoms with van der Waals surface area (Å²) >= 11 is 0. The van der Waals surface area contributed by atoms with E-state index in [2.05, 4.69) is 41.9 Å². The highest BCUT2D eigenvalue weighted by Gasteiger charge is 2.54. The fourth-order valence-electron chi connectivity index (χ4n) is 6.32. The van der Waals surface area contributed by atoms with Crippen LogP contribution in [0, 0.1) is 24.2 Å². The topological polar surface area (TPSA) is 76.6 Å². The Bertz CT molecular complexity index is 920. The molecule has 3 aliphatic rings. The summed E-state index contributed by atoms with van der Waals surface area (Å²) < 4.78 is 0. The first kappa shape index (κ1) is 17.3. The number of benzene rings is 1. The fraction of sp³-hybridized carbons (Fsp3) is 0.591. The van der Waals surface area contributed by atoms with Crippen molar-refractivity contribution >= 4 is 16.9 Å². The number of aliphatic carboxylic acids is 1. The molecule has 144 valence electrons. The van der Waals surface area contributed by atoms with Gasteiger partial charge in [-0.05, 0) is 61.1 Å².